The maximum atomic E-state index is 13.3. The largest absolute Gasteiger partial charge is 0.480 e. The minimum Gasteiger partial charge on any atom is -0.480 e. The molecule has 15 heteroatoms. The van der Waals surface area contributed by atoms with Gasteiger partial charge in [0, 0.05) is 38.9 Å². The lowest BCUT2D eigenvalue weighted by Gasteiger charge is -2.33. The Labute approximate surface area is 227 Å². The third-order valence-corrected chi connectivity index (χ3v) is 5.40. The molecule has 9 nitrogen and oxygen atoms in total. The van der Waals surface area contributed by atoms with Crippen LogP contribution >= 0.6 is 0 Å². The number of carbonyl (C=O) groups excluding carboxylic acids is 2. The van der Waals surface area contributed by atoms with Gasteiger partial charge in [-0.15, -0.1) is 0 Å². The summed E-state index contributed by atoms with van der Waals surface area (Å²) in [6, 6.07) is -1.15. The van der Waals surface area contributed by atoms with Crippen molar-refractivity contribution in [1.29, 1.82) is 0 Å². The summed E-state index contributed by atoms with van der Waals surface area (Å²) in [6.45, 7) is 5.83. The van der Waals surface area contributed by atoms with E-state index in [-0.39, 0.29) is 30.7 Å². The van der Waals surface area contributed by atoms with Crippen LogP contribution in [0, 0.1) is 0 Å². The highest BCUT2D eigenvalue weighted by atomic mass is 19.4. The predicted octanol–water partition coefficient (Wildman–Crippen LogP) is 4.94. The van der Waals surface area contributed by atoms with Crippen molar-refractivity contribution in [2.24, 2.45) is 0 Å². The van der Waals surface area contributed by atoms with Crippen LogP contribution in [-0.4, -0.2) is 72.6 Å². The highest BCUT2D eigenvalue weighted by Crippen LogP contribution is 2.41. The summed E-state index contributed by atoms with van der Waals surface area (Å²) in [7, 11) is 2.49. The van der Waals surface area contributed by atoms with E-state index in [9.17, 15) is 45.8 Å². The zero-order valence-electron chi connectivity index (χ0n) is 22.9. The number of amides is 1. The molecule has 0 radical (unpaired) electrons. The van der Waals surface area contributed by atoms with Gasteiger partial charge < -0.3 is 29.5 Å². The number of carbonyl (C=O) groups is 3. The van der Waals surface area contributed by atoms with Gasteiger partial charge in [-0.05, 0) is 52.3 Å². The van der Waals surface area contributed by atoms with Gasteiger partial charge in [0.2, 0.25) is 5.91 Å². The number of benzene rings is 1. The van der Waals surface area contributed by atoms with Gasteiger partial charge in [-0.2, -0.15) is 26.3 Å². The molecule has 0 aliphatic rings. The Balaban J connectivity index is 3.27. The van der Waals surface area contributed by atoms with Crippen molar-refractivity contribution in [2.75, 3.05) is 26.1 Å². The highest BCUT2D eigenvalue weighted by Gasteiger charge is 2.43. The Hall–Kier alpha value is -3.07. The standard InChI is InChI=1S/C25H34F6N2O7/c1-14(32-15-7-8-16(24(26,27)28)17(11-15)25(29,30)31)13-33(19(34)12-21(38-5)39-6)18(22(36)37)9-10-20(35)40-23(2,3)4/h7-8,11,14,18,21,32H,9-10,12-13H2,1-6H3,(H,36,37)/t14-,18+/m1/s1. The summed E-state index contributed by atoms with van der Waals surface area (Å²) in [5.74, 6) is -2.96. The Morgan fingerprint density at radius 1 is 0.975 bits per heavy atom. The van der Waals surface area contributed by atoms with Crippen molar-refractivity contribution in [3.05, 3.63) is 29.3 Å². The number of esters is 1. The number of nitrogens with one attached hydrogen (secondary N) is 1. The number of alkyl halides is 6. The maximum absolute atomic E-state index is 13.3. The smallest absolute Gasteiger partial charge is 0.417 e. The van der Waals surface area contributed by atoms with Crippen molar-refractivity contribution in [2.45, 2.75) is 83.3 Å². The average molecular weight is 589 g/mol. The second kappa shape index (κ2) is 14.0. The van der Waals surface area contributed by atoms with Crippen LogP contribution in [0.15, 0.2) is 18.2 Å². The van der Waals surface area contributed by atoms with E-state index in [2.05, 4.69) is 5.32 Å². The monoisotopic (exact) mass is 588 g/mol. The Bertz CT molecular complexity index is 1020. The predicted molar refractivity (Wildman–Crippen MR) is 130 cm³/mol. The van der Waals surface area contributed by atoms with Crippen molar-refractivity contribution in [1.82, 2.24) is 4.90 Å². The van der Waals surface area contributed by atoms with Crippen LogP contribution < -0.4 is 5.32 Å². The first-order valence-corrected chi connectivity index (χ1v) is 12.0. The van der Waals surface area contributed by atoms with Gasteiger partial charge in [0.05, 0.1) is 17.5 Å². The number of carboxylic acids is 1. The van der Waals surface area contributed by atoms with Gasteiger partial charge in [-0.3, -0.25) is 9.59 Å². The summed E-state index contributed by atoms with van der Waals surface area (Å²) in [5, 5.41) is 12.4. The van der Waals surface area contributed by atoms with Crippen LogP contribution in [0.2, 0.25) is 0 Å². The van der Waals surface area contributed by atoms with Crippen LogP contribution in [0.1, 0.15) is 58.1 Å². The van der Waals surface area contributed by atoms with Crippen LogP contribution in [0.3, 0.4) is 0 Å². The molecule has 0 heterocycles. The second-order valence-electron chi connectivity index (χ2n) is 9.93. The third-order valence-electron chi connectivity index (χ3n) is 5.40. The lowest BCUT2D eigenvalue weighted by atomic mass is 10.0. The summed E-state index contributed by atoms with van der Waals surface area (Å²) >= 11 is 0. The fraction of sp³-hybridized carbons (Fsp3) is 0.640. The molecule has 1 aromatic carbocycles. The van der Waals surface area contributed by atoms with E-state index in [0.717, 1.165) is 11.0 Å². The van der Waals surface area contributed by atoms with E-state index in [4.69, 9.17) is 14.2 Å². The molecule has 2 atom stereocenters. The fourth-order valence-corrected chi connectivity index (χ4v) is 3.73. The molecule has 2 N–H and O–H groups in total. The zero-order chi connectivity index (χ0) is 31.1. The first-order valence-electron chi connectivity index (χ1n) is 12.0. The Morgan fingerprint density at radius 3 is 1.98 bits per heavy atom. The van der Waals surface area contributed by atoms with Gasteiger partial charge in [-0.25, -0.2) is 4.79 Å². The number of nitrogens with zero attached hydrogens (tertiary/aromatic N) is 1. The lowest BCUT2D eigenvalue weighted by molar-refractivity contribution is -0.162. The molecule has 0 aliphatic heterocycles. The topological polar surface area (TPSA) is 114 Å². The molecule has 1 rings (SSSR count). The quantitative estimate of drug-likeness (QED) is 0.189. The van der Waals surface area contributed by atoms with Crippen molar-refractivity contribution >= 4 is 23.5 Å². The van der Waals surface area contributed by atoms with E-state index >= 15 is 0 Å². The average Bonchev–Trinajstić information content (AvgIpc) is 2.79. The van der Waals surface area contributed by atoms with E-state index in [1.807, 2.05) is 0 Å². The number of aliphatic carboxylic acids is 1. The summed E-state index contributed by atoms with van der Waals surface area (Å²) in [5.41, 5.74) is -4.96. The van der Waals surface area contributed by atoms with Gasteiger partial charge >= 0.3 is 24.3 Å². The fourth-order valence-electron chi connectivity index (χ4n) is 3.73. The van der Waals surface area contributed by atoms with E-state index < -0.39 is 78.3 Å². The molecule has 0 bridgehead atoms. The van der Waals surface area contributed by atoms with Crippen LogP contribution in [0.5, 0.6) is 0 Å². The number of ether oxygens (including phenoxy) is 3. The minimum atomic E-state index is -5.31. The first kappa shape index (κ1) is 35.0. The molecule has 0 aliphatic carbocycles. The van der Waals surface area contributed by atoms with Crippen LogP contribution in [-0.2, 0) is 40.9 Å². The molecule has 0 spiro atoms. The number of halogens is 6. The summed E-state index contributed by atoms with van der Waals surface area (Å²) < 4.78 is 94.5. The lowest BCUT2D eigenvalue weighted by Crippen LogP contribution is -2.50. The van der Waals surface area contributed by atoms with Crippen LogP contribution in [0.25, 0.3) is 0 Å². The first-order chi connectivity index (χ1) is 18.2. The summed E-state index contributed by atoms with van der Waals surface area (Å²) in [6.07, 6.45) is -12.8. The molecular weight excluding hydrogens is 554 g/mol. The summed E-state index contributed by atoms with van der Waals surface area (Å²) in [4.78, 5) is 38.3. The van der Waals surface area contributed by atoms with Crippen molar-refractivity contribution < 1.29 is 60.0 Å². The van der Waals surface area contributed by atoms with E-state index in [0.29, 0.717) is 0 Å². The highest BCUT2D eigenvalue weighted by molar-refractivity contribution is 5.84. The van der Waals surface area contributed by atoms with E-state index in [1.165, 1.54) is 21.1 Å². The number of rotatable bonds is 13. The van der Waals surface area contributed by atoms with Crippen molar-refractivity contribution in [3.63, 3.8) is 0 Å². The molecule has 1 aromatic rings. The van der Waals surface area contributed by atoms with Gasteiger partial charge in [0.1, 0.15) is 11.6 Å². The second-order valence-corrected chi connectivity index (χ2v) is 9.93. The zero-order valence-corrected chi connectivity index (χ0v) is 22.9. The van der Waals surface area contributed by atoms with Gasteiger partial charge in [0.25, 0.3) is 0 Å². The molecule has 0 saturated heterocycles. The molecule has 0 aromatic heterocycles. The van der Waals surface area contributed by atoms with Gasteiger partial charge in [0.15, 0.2) is 6.29 Å². The maximum Gasteiger partial charge on any atom is 0.417 e. The minimum absolute atomic E-state index is 0.281. The molecule has 0 unspecified atom stereocenters. The number of hydrogen-bond donors (Lipinski definition) is 2. The number of carboxylic acid groups (broad SMARTS) is 1. The Morgan fingerprint density at radius 2 is 1.52 bits per heavy atom. The molecule has 0 saturated carbocycles. The normalized spacial score (nSPS) is 14.0. The van der Waals surface area contributed by atoms with Crippen molar-refractivity contribution in [3.8, 4) is 0 Å². The number of anilines is 1. The molecular formula is C25H34F6N2O7. The number of methoxy groups -OCH3 is 2. The third kappa shape index (κ3) is 11.2. The van der Waals surface area contributed by atoms with Gasteiger partial charge in [-0.1, -0.05) is 0 Å². The Kier molecular flexibility index (Phi) is 12.2. The molecule has 40 heavy (non-hydrogen) atoms. The molecule has 228 valence electrons. The molecule has 0 fully saturated rings. The van der Waals surface area contributed by atoms with E-state index in [1.54, 1.807) is 20.8 Å². The SMILES string of the molecule is COC(CC(=O)N(C[C@@H](C)Nc1ccc(C(F)(F)F)c(C(F)(F)F)c1)[C@@H](CCC(=O)OC(C)(C)C)C(=O)O)OC. The van der Waals surface area contributed by atoms with Crippen LogP contribution in [0.4, 0.5) is 32.0 Å². The number of hydrogen-bond acceptors (Lipinski definition) is 7. The molecule has 1 amide bonds.